The molecule has 0 aromatic rings. The molecule has 0 aliphatic carbocycles. The Hall–Kier alpha value is 0. The van der Waals surface area contributed by atoms with E-state index in [1.54, 1.807) is 0 Å². The predicted octanol–water partition coefficient (Wildman–Crippen LogP) is 9.13. The summed E-state index contributed by atoms with van der Waals surface area (Å²) in [5.41, 5.74) is 0. The second-order valence-corrected chi connectivity index (χ2v) is 9.74. The topological polar surface area (TPSA) is 0 Å². The molecule has 152 valence electrons. The van der Waals surface area contributed by atoms with E-state index < -0.39 is 0 Å². The van der Waals surface area contributed by atoms with Crippen LogP contribution in [-0.2, 0) is 0 Å². The third kappa shape index (κ3) is 11.3. The van der Waals surface area contributed by atoms with E-state index in [0.29, 0.717) is 0 Å². The third-order valence-corrected chi connectivity index (χ3v) is 6.61. The van der Waals surface area contributed by atoms with Crippen molar-refractivity contribution in [3.05, 3.63) is 0 Å². The van der Waals surface area contributed by atoms with Crippen LogP contribution < -0.4 is 0 Å². The maximum atomic E-state index is 2.56. The zero-order valence-corrected chi connectivity index (χ0v) is 19.2. The van der Waals surface area contributed by atoms with Gasteiger partial charge in [-0.25, -0.2) is 0 Å². The van der Waals surface area contributed by atoms with Crippen LogP contribution in [0.5, 0.6) is 0 Å². The number of hydrogen-bond acceptors (Lipinski definition) is 0. The molecule has 0 aromatic heterocycles. The molecule has 4 atom stereocenters. The summed E-state index contributed by atoms with van der Waals surface area (Å²) < 4.78 is 0. The Morgan fingerprint density at radius 1 is 0.560 bits per heavy atom. The van der Waals surface area contributed by atoms with Gasteiger partial charge in [-0.05, 0) is 48.3 Å². The second-order valence-electron chi connectivity index (χ2n) is 9.74. The van der Waals surface area contributed by atoms with E-state index in [9.17, 15) is 0 Å². The van der Waals surface area contributed by atoms with Crippen LogP contribution in [-0.4, -0.2) is 0 Å². The summed E-state index contributed by atoms with van der Waals surface area (Å²) in [6, 6.07) is 0. The van der Waals surface area contributed by atoms with Gasteiger partial charge in [0.15, 0.2) is 0 Å². The van der Waals surface area contributed by atoms with E-state index in [0.717, 1.165) is 35.5 Å². The average Bonchev–Trinajstić information content (AvgIpc) is 2.54. The summed E-state index contributed by atoms with van der Waals surface area (Å²) in [6.45, 7) is 19.5. The molecule has 0 aliphatic rings. The summed E-state index contributed by atoms with van der Waals surface area (Å²) in [7, 11) is 0. The highest BCUT2D eigenvalue weighted by Crippen LogP contribution is 2.40. The fourth-order valence-electron chi connectivity index (χ4n) is 4.87. The highest BCUT2D eigenvalue weighted by Gasteiger charge is 2.31. The van der Waals surface area contributed by atoms with Gasteiger partial charge in [0.1, 0.15) is 0 Å². The van der Waals surface area contributed by atoms with Gasteiger partial charge >= 0.3 is 0 Å². The van der Waals surface area contributed by atoms with Crippen LogP contribution in [0.4, 0.5) is 0 Å². The van der Waals surface area contributed by atoms with Crippen molar-refractivity contribution in [2.75, 3.05) is 0 Å². The summed E-state index contributed by atoms with van der Waals surface area (Å²) >= 11 is 0. The Morgan fingerprint density at radius 3 is 1.60 bits per heavy atom. The maximum absolute atomic E-state index is 2.56. The van der Waals surface area contributed by atoms with Crippen molar-refractivity contribution in [3.8, 4) is 0 Å². The summed E-state index contributed by atoms with van der Waals surface area (Å²) in [5, 5.41) is 0. The third-order valence-electron chi connectivity index (χ3n) is 6.61. The molecule has 0 saturated carbocycles. The standard InChI is InChI=1S/C25H52/c1-9-11-12-13-14-15-16-18-24(22(7)19-20(3)4)25(17-10-2)23(8)21(5)6/h20-25H,9-19H2,1-8H3. The zero-order valence-electron chi connectivity index (χ0n) is 19.2. The van der Waals surface area contributed by atoms with Crippen LogP contribution in [0.2, 0.25) is 0 Å². The van der Waals surface area contributed by atoms with Crippen molar-refractivity contribution in [1.29, 1.82) is 0 Å². The number of rotatable bonds is 16. The molecular formula is C25H52. The molecule has 0 N–H and O–H groups in total. The Labute approximate surface area is 161 Å². The Balaban J connectivity index is 4.71. The van der Waals surface area contributed by atoms with Gasteiger partial charge in [-0.1, -0.05) is 113 Å². The van der Waals surface area contributed by atoms with E-state index in [4.69, 9.17) is 0 Å². The van der Waals surface area contributed by atoms with Gasteiger partial charge in [0.05, 0.1) is 0 Å². The van der Waals surface area contributed by atoms with E-state index in [1.165, 1.54) is 70.6 Å². The average molecular weight is 353 g/mol. The van der Waals surface area contributed by atoms with E-state index in [2.05, 4.69) is 55.4 Å². The van der Waals surface area contributed by atoms with E-state index in [1.807, 2.05) is 0 Å². The van der Waals surface area contributed by atoms with Gasteiger partial charge in [0.25, 0.3) is 0 Å². The van der Waals surface area contributed by atoms with Gasteiger partial charge in [0.2, 0.25) is 0 Å². The molecule has 0 radical (unpaired) electrons. The minimum absolute atomic E-state index is 0.819. The van der Waals surface area contributed by atoms with Crippen molar-refractivity contribution in [2.24, 2.45) is 35.5 Å². The second kappa shape index (κ2) is 15.1. The molecule has 0 aromatic carbocycles. The van der Waals surface area contributed by atoms with Crippen LogP contribution in [0, 0.1) is 35.5 Å². The quantitative estimate of drug-likeness (QED) is 0.243. The lowest BCUT2D eigenvalue weighted by atomic mass is 9.67. The summed E-state index contributed by atoms with van der Waals surface area (Å²) in [5.74, 6) is 5.28. The first kappa shape index (κ1) is 25.0. The maximum Gasteiger partial charge on any atom is -0.0355 e. The smallest absolute Gasteiger partial charge is 0.0355 e. The van der Waals surface area contributed by atoms with Crippen LogP contribution >= 0.6 is 0 Å². The largest absolute Gasteiger partial charge is 0.0654 e. The molecule has 0 heteroatoms. The Bertz CT molecular complexity index is 278. The van der Waals surface area contributed by atoms with Gasteiger partial charge in [-0.15, -0.1) is 0 Å². The lowest BCUT2D eigenvalue weighted by Gasteiger charge is -2.38. The first-order valence-electron chi connectivity index (χ1n) is 11.8. The zero-order chi connectivity index (χ0) is 19.2. The Morgan fingerprint density at radius 2 is 1.12 bits per heavy atom. The highest BCUT2D eigenvalue weighted by molar-refractivity contribution is 4.81. The van der Waals surface area contributed by atoms with Gasteiger partial charge < -0.3 is 0 Å². The molecular weight excluding hydrogens is 300 g/mol. The van der Waals surface area contributed by atoms with Crippen LogP contribution in [0.3, 0.4) is 0 Å². The fraction of sp³-hybridized carbons (Fsp3) is 1.00. The number of hydrogen-bond donors (Lipinski definition) is 0. The van der Waals surface area contributed by atoms with Crippen LogP contribution in [0.1, 0.15) is 126 Å². The van der Waals surface area contributed by atoms with Crippen molar-refractivity contribution >= 4 is 0 Å². The van der Waals surface area contributed by atoms with Gasteiger partial charge in [0, 0.05) is 0 Å². The molecule has 0 spiro atoms. The highest BCUT2D eigenvalue weighted by atomic mass is 14.4. The monoisotopic (exact) mass is 352 g/mol. The molecule has 0 saturated heterocycles. The summed E-state index contributed by atoms with van der Waals surface area (Å²) in [4.78, 5) is 0. The van der Waals surface area contributed by atoms with Crippen molar-refractivity contribution < 1.29 is 0 Å². The van der Waals surface area contributed by atoms with E-state index in [-0.39, 0.29) is 0 Å². The van der Waals surface area contributed by atoms with E-state index >= 15 is 0 Å². The lowest BCUT2D eigenvalue weighted by Crippen LogP contribution is -2.30. The molecule has 0 bridgehead atoms. The molecule has 4 unspecified atom stereocenters. The van der Waals surface area contributed by atoms with Gasteiger partial charge in [-0.2, -0.15) is 0 Å². The molecule has 0 amide bonds. The van der Waals surface area contributed by atoms with Crippen LogP contribution in [0.15, 0.2) is 0 Å². The molecule has 0 fully saturated rings. The molecule has 0 heterocycles. The first-order chi connectivity index (χ1) is 11.8. The lowest BCUT2D eigenvalue weighted by molar-refractivity contribution is 0.113. The molecule has 0 rings (SSSR count). The molecule has 0 aliphatic heterocycles. The normalized spacial score (nSPS) is 17.0. The molecule has 25 heavy (non-hydrogen) atoms. The number of unbranched alkanes of at least 4 members (excludes halogenated alkanes) is 6. The SMILES string of the molecule is CCCCCCCCCC(C(C)CC(C)C)C(CCC)C(C)C(C)C. The first-order valence-corrected chi connectivity index (χ1v) is 11.8. The van der Waals surface area contributed by atoms with Crippen molar-refractivity contribution in [1.82, 2.24) is 0 Å². The minimum Gasteiger partial charge on any atom is -0.0654 e. The van der Waals surface area contributed by atoms with Crippen molar-refractivity contribution in [3.63, 3.8) is 0 Å². The minimum atomic E-state index is 0.819. The predicted molar refractivity (Wildman–Crippen MR) is 117 cm³/mol. The summed E-state index contributed by atoms with van der Waals surface area (Å²) in [6.07, 6.45) is 15.8. The van der Waals surface area contributed by atoms with Crippen LogP contribution in [0.25, 0.3) is 0 Å². The van der Waals surface area contributed by atoms with Gasteiger partial charge in [-0.3, -0.25) is 0 Å². The van der Waals surface area contributed by atoms with Crippen molar-refractivity contribution in [2.45, 2.75) is 126 Å². The fourth-order valence-corrected chi connectivity index (χ4v) is 4.87. The molecule has 0 nitrogen and oxygen atoms in total. The Kier molecular flexibility index (Phi) is 15.1.